The number of halogens is 1. The highest BCUT2D eigenvalue weighted by atomic mass is 127. The number of aliphatic imine (C=N–C) groups is 1. The van der Waals surface area contributed by atoms with Gasteiger partial charge in [-0.15, -0.1) is 24.0 Å². The lowest BCUT2D eigenvalue weighted by Gasteiger charge is -2.22. The second-order valence-electron chi connectivity index (χ2n) is 7.38. The van der Waals surface area contributed by atoms with Crippen LogP contribution in [0, 0.1) is 6.92 Å². The van der Waals surface area contributed by atoms with Gasteiger partial charge in [-0.25, -0.2) is 4.98 Å². The smallest absolute Gasteiger partial charge is 0.191 e. The molecule has 2 N–H and O–H groups in total. The molecule has 1 fully saturated rings. The van der Waals surface area contributed by atoms with Crippen LogP contribution in [0.15, 0.2) is 53.8 Å². The third-order valence-electron chi connectivity index (χ3n) is 5.28. The predicted molar refractivity (Wildman–Crippen MR) is 132 cm³/mol. The SMILES string of the molecule is CN=C(NCc1cn2ccc(C)cc2n1)NC1CCN(c2ccccc2OC)C1.I. The Hall–Kier alpha value is -2.49. The first-order chi connectivity index (χ1) is 14.2. The van der Waals surface area contributed by atoms with E-state index in [1.807, 2.05) is 28.9 Å². The molecule has 8 heteroatoms. The lowest BCUT2D eigenvalue weighted by molar-refractivity contribution is 0.415. The molecule has 1 aromatic carbocycles. The molecule has 3 heterocycles. The Bertz CT molecular complexity index is 1020. The summed E-state index contributed by atoms with van der Waals surface area (Å²) in [6.07, 6.45) is 5.14. The minimum Gasteiger partial charge on any atom is -0.495 e. The van der Waals surface area contributed by atoms with E-state index in [-0.39, 0.29) is 24.0 Å². The normalized spacial score (nSPS) is 16.4. The maximum absolute atomic E-state index is 5.51. The number of guanidine groups is 1. The fourth-order valence-corrected chi connectivity index (χ4v) is 3.77. The zero-order chi connectivity index (χ0) is 20.2. The van der Waals surface area contributed by atoms with Crippen LogP contribution in [0.25, 0.3) is 5.65 Å². The minimum atomic E-state index is 0. The fourth-order valence-electron chi connectivity index (χ4n) is 3.77. The molecule has 0 bridgehead atoms. The summed E-state index contributed by atoms with van der Waals surface area (Å²) in [7, 11) is 3.52. The van der Waals surface area contributed by atoms with Gasteiger partial charge in [-0.2, -0.15) is 0 Å². The van der Waals surface area contributed by atoms with E-state index in [1.54, 1.807) is 14.2 Å². The van der Waals surface area contributed by atoms with Gasteiger partial charge in [0.25, 0.3) is 0 Å². The van der Waals surface area contributed by atoms with Gasteiger partial charge in [0.05, 0.1) is 25.0 Å². The molecule has 1 saturated heterocycles. The van der Waals surface area contributed by atoms with Crippen LogP contribution in [0.3, 0.4) is 0 Å². The van der Waals surface area contributed by atoms with E-state index in [0.29, 0.717) is 12.6 Å². The number of para-hydroxylation sites is 2. The van der Waals surface area contributed by atoms with E-state index in [4.69, 9.17) is 4.74 Å². The highest BCUT2D eigenvalue weighted by Gasteiger charge is 2.25. The van der Waals surface area contributed by atoms with Crippen LogP contribution in [0.1, 0.15) is 17.7 Å². The van der Waals surface area contributed by atoms with Crippen LogP contribution in [-0.2, 0) is 6.54 Å². The van der Waals surface area contributed by atoms with Crippen molar-refractivity contribution in [2.24, 2.45) is 4.99 Å². The van der Waals surface area contributed by atoms with Crippen LogP contribution < -0.4 is 20.3 Å². The number of ether oxygens (including phenoxy) is 1. The predicted octanol–water partition coefficient (Wildman–Crippen LogP) is 3.21. The fraction of sp³-hybridized carbons (Fsp3) is 0.364. The number of nitrogens with one attached hydrogen (secondary N) is 2. The van der Waals surface area contributed by atoms with Crippen molar-refractivity contribution in [1.82, 2.24) is 20.0 Å². The minimum absolute atomic E-state index is 0. The highest BCUT2D eigenvalue weighted by molar-refractivity contribution is 14.0. The monoisotopic (exact) mass is 520 g/mol. The summed E-state index contributed by atoms with van der Waals surface area (Å²) in [5.41, 5.74) is 4.30. The van der Waals surface area contributed by atoms with Crippen molar-refractivity contribution in [3.05, 3.63) is 60.0 Å². The van der Waals surface area contributed by atoms with E-state index >= 15 is 0 Å². The molecule has 1 unspecified atom stereocenters. The maximum Gasteiger partial charge on any atom is 0.191 e. The summed E-state index contributed by atoms with van der Waals surface area (Å²) < 4.78 is 7.55. The van der Waals surface area contributed by atoms with Gasteiger partial charge in [0.2, 0.25) is 0 Å². The van der Waals surface area contributed by atoms with Crippen LogP contribution in [-0.4, -0.2) is 48.6 Å². The number of benzene rings is 1. The quantitative estimate of drug-likeness (QED) is 0.308. The zero-order valence-corrected chi connectivity index (χ0v) is 20.0. The molecule has 4 rings (SSSR count). The lowest BCUT2D eigenvalue weighted by Crippen LogP contribution is -2.44. The Morgan fingerprint density at radius 2 is 2.13 bits per heavy atom. The van der Waals surface area contributed by atoms with E-state index < -0.39 is 0 Å². The summed E-state index contributed by atoms with van der Waals surface area (Å²) in [5, 5.41) is 6.92. The molecule has 0 radical (unpaired) electrons. The molecule has 1 aliphatic rings. The zero-order valence-electron chi connectivity index (χ0n) is 17.6. The van der Waals surface area contributed by atoms with Crippen molar-refractivity contribution in [2.75, 3.05) is 32.1 Å². The summed E-state index contributed by atoms with van der Waals surface area (Å²) in [6.45, 7) is 4.60. The van der Waals surface area contributed by atoms with E-state index in [2.05, 4.69) is 56.7 Å². The Balaban J connectivity index is 0.00000256. The van der Waals surface area contributed by atoms with Gasteiger partial charge < -0.3 is 24.7 Å². The maximum atomic E-state index is 5.51. The van der Waals surface area contributed by atoms with Gasteiger partial charge in [-0.1, -0.05) is 12.1 Å². The number of aryl methyl sites for hydroxylation is 1. The van der Waals surface area contributed by atoms with Gasteiger partial charge in [-0.3, -0.25) is 4.99 Å². The van der Waals surface area contributed by atoms with Crippen LogP contribution in [0.4, 0.5) is 5.69 Å². The number of hydrogen-bond acceptors (Lipinski definition) is 4. The Morgan fingerprint density at radius 3 is 2.93 bits per heavy atom. The highest BCUT2D eigenvalue weighted by Crippen LogP contribution is 2.30. The number of anilines is 1. The number of nitrogens with zero attached hydrogens (tertiary/aromatic N) is 4. The van der Waals surface area contributed by atoms with Gasteiger partial charge in [0.15, 0.2) is 5.96 Å². The summed E-state index contributed by atoms with van der Waals surface area (Å²) in [6, 6.07) is 12.7. The number of aromatic nitrogens is 2. The number of hydrogen-bond donors (Lipinski definition) is 2. The van der Waals surface area contributed by atoms with E-state index in [1.165, 1.54) is 5.56 Å². The first kappa shape index (κ1) is 22.2. The average molecular weight is 520 g/mol. The number of methoxy groups -OCH3 is 1. The number of rotatable bonds is 5. The Morgan fingerprint density at radius 1 is 1.30 bits per heavy atom. The standard InChI is InChI=1S/C22H28N6O.HI/c1-16-8-10-28-15-18(25-21(28)12-16)13-24-22(23-2)26-17-9-11-27(14-17)19-6-4-5-7-20(19)29-3;/h4-8,10,12,15,17H,9,11,13-14H2,1-3H3,(H2,23,24,26);1H. The molecule has 30 heavy (non-hydrogen) atoms. The van der Waals surface area contributed by atoms with Crippen LogP contribution in [0.2, 0.25) is 0 Å². The molecule has 0 saturated carbocycles. The second kappa shape index (κ2) is 10.0. The summed E-state index contributed by atoms with van der Waals surface area (Å²) in [5.74, 6) is 1.71. The molecule has 2 aromatic heterocycles. The largest absolute Gasteiger partial charge is 0.495 e. The Labute approximate surface area is 194 Å². The lowest BCUT2D eigenvalue weighted by atomic mass is 10.2. The average Bonchev–Trinajstić information content (AvgIpc) is 3.37. The third kappa shape index (κ3) is 4.97. The van der Waals surface area contributed by atoms with E-state index in [9.17, 15) is 0 Å². The van der Waals surface area contributed by atoms with Crippen molar-refractivity contribution in [3.8, 4) is 5.75 Å². The van der Waals surface area contributed by atoms with Gasteiger partial charge in [-0.05, 0) is 43.2 Å². The molecule has 3 aromatic rings. The van der Waals surface area contributed by atoms with Crippen LogP contribution >= 0.6 is 24.0 Å². The molecule has 0 amide bonds. The van der Waals surface area contributed by atoms with E-state index in [0.717, 1.165) is 48.2 Å². The summed E-state index contributed by atoms with van der Waals surface area (Å²) >= 11 is 0. The van der Waals surface area contributed by atoms with Crippen molar-refractivity contribution < 1.29 is 4.74 Å². The van der Waals surface area contributed by atoms with Gasteiger partial charge in [0.1, 0.15) is 11.4 Å². The third-order valence-corrected chi connectivity index (χ3v) is 5.28. The number of pyridine rings is 1. The molecular weight excluding hydrogens is 491 g/mol. The van der Waals surface area contributed by atoms with Crippen molar-refractivity contribution in [1.29, 1.82) is 0 Å². The molecule has 160 valence electrons. The van der Waals surface area contributed by atoms with Crippen molar-refractivity contribution in [2.45, 2.75) is 25.9 Å². The molecule has 0 aliphatic carbocycles. The van der Waals surface area contributed by atoms with Crippen LogP contribution in [0.5, 0.6) is 5.75 Å². The molecule has 0 spiro atoms. The molecular formula is C22H29IN6O. The van der Waals surface area contributed by atoms with Gasteiger partial charge >= 0.3 is 0 Å². The molecule has 1 aliphatic heterocycles. The van der Waals surface area contributed by atoms with Crippen molar-refractivity contribution in [3.63, 3.8) is 0 Å². The number of imidazole rings is 1. The van der Waals surface area contributed by atoms with Crippen molar-refractivity contribution >= 4 is 41.3 Å². The molecule has 1 atom stereocenters. The topological polar surface area (TPSA) is 66.2 Å². The molecule has 7 nitrogen and oxygen atoms in total. The summed E-state index contributed by atoms with van der Waals surface area (Å²) in [4.78, 5) is 11.4. The Kier molecular flexibility index (Phi) is 7.41. The van der Waals surface area contributed by atoms with Gasteiger partial charge in [0, 0.05) is 38.6 Å². The second-order valence-corrected chi connectivity index (χ2v) is 7.38. The first-order valence-corrected chi connectivity index (χ1v) is 9.95. The first-order valence-electron chi connectivity index (χ1n) is 9.95. The number of fused-ring (bicyclic) bond motifs is 1.